The zero-order valence-electron chi connectivity index (χ0n) is 21.0. The number of ether oxygens (including phenoxy) is 2. The van der Waals surface area contributed by atoms with Gasteiger partial charge in [-0.2, -0.15) is 13.2 Å². The quantitative estimate of drug-likeness (QED) is 0.263. The molecule has 1 N–H and O–H groups in total. The van der Waals surface area contributed by atoms with Gasteiger partial charge in [0.1, 0.15) is 17.3 Å². The number of nitrogens with zero attached hydrogens (tertiary/aromatic N) is 2. The van der Waals surface area contributed by atoms with E-state index in [0.29, 0.717) is 11.3 Å². The van der Waals surface area contributed by atoms with Crippen molar-refractivity contribution >= 4 is 28.8 Å². The molecule has 0 aliphatic carbocycles. The number of hydrogen-bond donors (Lipinski definition) is 1. The molecule has 3 aromatic carbocycles. The lowest BCUT2D eigenvalue weighted by Gasteiger charge is -2.26. The molecule has 1 heterocycles. The second kappa shape index (κ2) is 10.1. The fourth-order valence-electron chi connectivity index (χ4n) is 4.34. The molecule has 0 saturated carbocycles. The summed E-state index contributed by atoms with van der Waals surface area (Å²) in [5.41, 5.74) is -0.0404. The van der Waals surface area contributed by atoms with E-state index < -0.39 is 35.2 Å². The van der Waals surface area contributed by atoms with Gasteiger partial charge in [0.2, 0.25) is 0 Å². The Hall–Kier alpha value is -4.47. The number of hydrogen-bond acceptors (Lipinski definition) is 6. The monoisotopic (exact) mass is 526 g/mol. The summed E-state index contributed by atoms with van der Waals surface area (Å²) in [6, 6.07) is 14.3. The van der Waals surface area contributed by atoms with E-state index in [-0.39, 0.29) is 22.6 Å². The maximum atomic E-state index is 13.5. The molecule has 38 heavy (non-hydrogen) atoms. The van der Waals surface area contributed by atoms with Crippen molar-refractivity contribution in [3.63, 3.8) is 0 Å². The van der Waals surface area contributed by atoms with Crippen molar-refractivity contribution in [3.05, 3.63) is 89.0 Å². The van der Waals surface area contributed by atoms with Crippen LogP contribution in [0.15, 0.2) is 72.3 Å². The normalized spacial score (nSPS) is 17.0. The molecule has 0 spiro atoms. The summed E-state index contributed by atoms with van der Waals surface area (Å²) in [7, 11) is 6.48. The third-order valence-corrected chi connectivity index (χ3v) is 6.29. The molecule has 3 aromatic rings. The minimum atomic E-state index is -4.66. The van der Waals surface area contributed by atoms with Gasteiger partial charge in [-0.1, -0.05) is 18.2 Å². The number of anilines is 2. The third-order valence-electron chi connectivity index (χ3n) is 6.29. The standard InChI is InChI=1S/C28H25F3N2O5/c1-32(2)18-10-8-16(9-11-18)24-23(25(34)21-13-12-20(37-3)15-22(21)38-4)26(35)27(36)33(24)19-7-5-6-17(14-19)28(29,30)31/h5-15,24,34H,1-4H3/b25-23-. The van der Waals surface area contributed by atoms with E-state index in [9.17, 15) is 27.9 Å². The molecule has 1 atom stereocenters. The highest BCUT2D eigenvalue weighted by Gasteiger charge is 2.47. The number of halogens is 3. The summed E-state index contributed by atoms with van der Waals surface area (Å²) in [5, 5.41) is 11.4. The SMILES string of the molecule is COc1ccc(/C(O)=C2/C(=O)C(=O)N(c3cccc(C(F)(F)F)c3)C2c2ccc(N(C)C)cc2)c(OC)c1. The largest absolute Gasteiger partial charge is 0.507 e. The van der Waals surface area contributed by atoms with Crippen LogP contribution in [0.25, 0.3) is 5.76 Å². The molecule has 1 amide bonds. The van der Waals surface area contributed by atoms with Crippen molar-refractivity contribution < 1.29 is 37.3 Å². The first-order valence-electron chi connectivity index (χ1n) is 11.5. The Balaban J connectivity index is 1.96. The van der Waals surface area contributed by atoms with Crippen LogP contribution >= 0.6 is 0 Å². The van der Waals surface area contributed by atoms with E-state index in [2.05, 4.69) is 0 Å². The number of carbonyl (C=O) groups excluding carboxylic acids is 2. The van der Waals surface area contributed by atoms with Crippen LogP contribution in [0.3, 0.4) is 0 Å². The Morgan fingerprint density at radius 3 is 2.21 bits per heavy atom. The van der Waals surface area contributed by atoms with Gasteiger partial charge < -0.3 is 19.5 Å². The molecule has 0 aromatic heterocycles. The van der Waals surface area contributed by atoms with Crippen molar-refractivity contribution in [1.29, 1.82) is 0 Å². The second-order valence-electron chi connectivity index (χ2n) is 8.77. The lowest BCUT2D eigenvalue weighted by atomic mass is 9.94. The summed E-state index contributed by atoms with van der Waals surface area (Å²) in [5.74, 6) is -2.04. The van der Waals surface area contributed by atoms with E-state index >= 15 is 0 Å². The van der Waals surface area contributed by atoms with Crippen LogP contribution in [0.1, 0.15) is 22.7 Å². The fourth-order valence-corrected chi connectivity index (χ4v) is 4.34. The number of benzene rings is 3. The zero-order valence-corrected chi connectivity index (χ0v) is 21.0. The topological polar surface area (TPSA) is 79.3 Å². The maximum absolute atomic E-state index is 13.5. The first kappa shape index (κ1) is 26.6. The van der Waals surface area contributed by atoms with Crippen LogP contribution < -0.4 is 19.3 Å². The van der Waals surface area contributed by atoms with Gasteiger partial charge in [0.15, 0.2) is 0 Å². The Morgan fingerprint density at radius 2 is 1.63 bits per heavy atom. The van der Waals surface area contributed by atoms with Gasteiger partial charge in [-0.05, 0) is 48.0 Å². The summed E-state index contributed by atoms with van der Waals surface area (Å²) < 4.78 is 51.0. The van der Waals surface area contributed by atoms with Crippen LogP contribution in [0.4, 0.5) is 24.5 Å². The van der Waals surface area contributed by atoms with Crippen molar-refractivity contribution in [3.8, 4) is 11.5 Å². The van der Waals surface area contributed by atoms with Crippen molar-refractivity contribution in [1.82, 2.24) is 0 Å². The van der Waals surface area contributed by atoms with Gasteiger partial charge in [-0.25, -0.2) is 0 Å². The molecule has 10 heteroatoms. The number of carbonyl (C=O) groups is 2. The summed E-state index contributed by atoms with van der Waals surface area (Å²) >= 11 is 0. The first-order chi connectivity index (χ1) is 18.0. The summed E-state index contributed by atoms with van der Waals surface area (Å²) in [6.07, 6.45) is -4.66. The lowest BCUT2D eigenvalue weighted by Crippen LogP contribution is -2.29. The Kier molecular flexibility index (Phi) is 7.08. The highest BCUT2D eigenvalue weighted by atomic mass is 19.4. The number of rotatable bonds is 6. The molecule has 0 bridgehead atoms. The van der Waals surface area contributed by atoms with E-state index in [1.807, 2.05) is 19.0 Å². The number of aliphatic hydroxyl groups excluding tert-OH is 1. The minimum Gasteiger partial charge on any atom is -0.507 e. The van der Waals surface area contributed by atoms with Gasteiger partial charge in [-0.3, -0.25) is 14.5 Å². The molecule has 1 aliphatic rings. The smallest absolute Gasteiger partial charge is 0.416 e. The van der Waals surface area contributed by atoms with Gasteiger partial charge >= 0.3 is 6.18 Å². The Morgan fingerprint density at radius 1 is 0.947 bits per heavy atom. The first-order valence-corrected chi connectivity index (χ1v) is 11.5. The predicted octanol–water partition coefficient (Wildman–Crippen LogP) is 5.41. The maximum Gasteiger partial charge on any atom is 0.416 e. The van der Waals surface area contributed by atoms with Gasteiger partial charge in [0.05, 0.1) is 37.0 Å². The minimum absolute atomic E-state index is 0.116. The average molecular weight is 527 g/mol. The average Bonchev–Trinajstić information content (AvgIpc) is 3.17. The molecule has 1 unspecified atom stereocenters. The number of Topliss-reactive ketones (excluding diaryl/α,β-unsaturated/α-hetero) is 1. The molecule has 1 fully saturated rings. The fraction of sp³-hybridized carbons (Fsp3) is 0.214. The number of alkyl halides is 3. The van der Waals surface area contributed by atoms with Gasteiger partial charge in [-0.15, -0.1) is 0 Å². The van der Waals surface area contributed by atoms with Crippen LogP contribution in [0.5, 0.6) is 11.5 Å². The number of ketones is 1. The molecular formula is C28H25F3N2O5. The molecular weight excluding hydrogens is 501 g/mol. The van der Waals surface area contributed by atoms with Crippen molar-refractivity contribution in [2.45, 2.75) is 12.2 Å². The molecule has 1 saturated heterocycles. The molecule has 1 aliphatic heterocycles. The van der Waals surface area contributed by atoms with E-state index in [0.717, 1.165) is 28.8 Å². The van der Waals surface area contributed by atoms with E-state index in [1.165, 1.54) is 32.4 Å². The molecule has 0 radical (unpaired) electrons. The molecule has 198 valence electrons. The lowest BCUT2D eigenvalue weighted by molar-refractivity contribution is -0.137. The number of amides is 1. The molecule has 7 nitrogen and oxygen atoms in total. The summed E-state index contributed by atoms with van der Waals surface area (Å²) in [4.78, 5) is 29.5. The second-order valence-corrected chi connectivity index (χ2v) is 8.77. The van der Waals surface area contributed by atoms with Crippen molar-refractivity contribution in [2.24, 2.45) is 0 Å². The highest BCUT2D eigenvalue weighted by Crippen LogP contribution is 2.45. The van der Waals surface area contributed by atoms with Crippen LogP contribution in [-0.4, -0.2) is 45.1 Å². The number of methoxy groups -OCH3 is 2. The van der Waals surface area contributed by atoms with Crippen LogP contribution in [0, 0.1) is 0 Å². The van der Waals surface area contributed by atoms with Crippen molar-refractivity contribution in [2.75, 3.05) is 38.1 Å². The third kappa shape index (κ3) is 4.77. The number of aliphatic hydroxyl groups is 1. The zero-order chi connectivity index (χ0) is 27.8. The van der Waals surface area contributed by atoms with E-state index in [4.69, 9.17) is 9.47 Å². The van der Waals surface area contributed by atoms with Gasteiger partial charge in [0, 0.05) is 31.5 Å². The van der Waals surface area contributed by atoms with Crippen LogP contribution in [0.2, 0.25) is 0 Å². The Labute approximate surface area is 217 Å². The molecule has 4 rings (SSSR count). The summed E-state index contributed by atoms with van der Waals surface area (Å²) in [6.45, 7) is 0. The highest BCUT2D eigenvalue weighted by molar-refractivity contribution is 6.51. The Bertz CT molecular complexity index is 1410. The van der Waals surface area contributed by atoms with Gasteiger partial charge in [0.25, 0.3) is 11.7 Å². The van der Waals surface area contributed by atoms with Crippen LogP contribution in [-0.2, 0) is 15.8 Å². The predicted molar refractivity (Wildman–Crippen MR) is 137 cm³/mol. The van der Waals surface area contributed by atoms with E-state index in [1.54, 1.807) is 30.3 Å².